The highest BCUT2D eigenvalue weighted by Gasteiger charge is 2.19. The van der Waals surface area contributed by atoms with Gasteiger partial charge in [-0.1, -0.05) is 23.9 Å². The molecule has 1 heterocycles. The number of nitrogens with zero attached hydrogens (tertiary/aromatic N) is 4. The summed E-state index contributed by atoms with van der Waals surface area (Å²) in [7, 11) is 5.52. The van der Waals surface area contributed by atoms with Crippen LogP contribution < -0.4 is 15.0 Å². The molecule has 0 aliphatic rings. The lowest BCUT2D eigenvalue weighted by molar-refractivity contribution is -0.132. The van der Waals surface area contributed by atoms with Crippen LogP contribution in [0.5, 0.6) is 5.75 Å². The lowest BCUT2D eigenvalue weighted by Crippen LogP contribution is -2.38. The molecule has 0 atom stereocenters. The van der Waals surface area contributed by atoms with Crippen LogP contribution in [0.4, 0.5) is 11.4 Å². The van der Waals surface area contributed by atoms with Crippen LogP contribution in [0.3, 0.4) is 0 Å². The van der Waals surface area contributed by atoms with Crippen molar-refractivity contribution < 1.29 is 14.3 Å². The number of nitrogens with one attached hydrogen (secondary N) is 1. The van der Waals surface area contributed by atoms with Crippen LogP contribution in [0.15, 0.2) is 59.8 Å². The van der Waals surface area contributed by atoms with Gasteiger partial charge in [-0.05, 0) is 61.9 Å². The van der Waals surface area contributed by atoms with Gasteiger partial charge in [-0.15, -0.1) is 0 Å². The second-order valence-corrected chi connectivity index (χ2v) is 9.25. The fourth-order valence-electron chi connectivity index (χ4n) is 3.38. The number of carbonyl (C=O) groups is 2. The van der Waals surface area contributed by atoms with Crippen LogP contribution in [0, 0.1) is 13.8 Å². The van der Waals surface area contributed by atoms with Gasteiger partial charge in [0.25, 0.3) is 0 Å². The lowest BCUT2D eigenvalue weighted by Gasteiger charge is -2.22. The molecule has 1 N–H and O–H groups in total. The van der Waals surface area contributed by atoms with E-state index in [1.807, 2.05) is 87.4 Å². The van der Waals surface area contributed by atoms with Gasteiger partial charge in [-0.2, -0.15) is 0 Å². The maximum Gasteiger partial charge on any atom is 0.244 e. The molecule has 0 unspecified atom stereocenters. The molecular formula is C26H31N5O3S. The number of thioether (sulfide) groups is 1. The Morgan fingerprint density at radius 1 is 0.971 bits per heavy atom. The van der Waals surface area contributed by atoms with Crippen LogP contribution >= 0.6 is 11.8 Å². The number of benzene rings is 2. The quantitative estimate of drug-likeness (QED) is 0.338. The van der Waals surface area contributed by atoms with Gasteiger partial charge in [0.15, 0.2) is 5.16 Å². The van der Waals surface area contributed by atoms with Crippen molar-refractivity contribution in [2.24, 2.45) is 0 Å². The smallest absolute Gasteiger partial charge is 0.244 e. The van der Waals surface area contributed by atoms with Gasteiger partial charge in [-0.3, -0.25) is 9.59 Å². The molecule has 2 amide bonds. The van der Waals surface area contributed by atoms with Gasteiger partial charge in [0.1, 0.15) is 12.3 Å². The third-order valence-corrected chi connectivity index (χ3v) is 6.01. The Hall–Kier alpha value is -3.59. The van der Waals surface area contributed by atoms with Crippen LogP contribution in [-0.4, -0.2) is 60.2 Å². The topological polar surface area (TPSA) is 87.7 Å². The Balaban J connectivity index is 1.70. The van der Waals surface area contributed by atoms with Crippen LogP contribution in [0.1, 0.15) is 17.0 Å². The standard InChI is InChI=1S/C26H31N5O3S/c1-18-14-19(2)28-26(27-18)35-17-25(33)31(15-20-6-12-23(34-5)13-7-20)16-24(32)29-21-8-10-22(11-9-21)30(3)4/h6-14H,15-17H2,1-5H3,(H,29,32). The van der Waals surface area contributed by atoms with Gasteiger partial charge in [0.2, 0.25) is 11.8 Å². The zero-order valence-electron chi connectivity index (χ0n) is 20.7. The summed E-state index contributed by atoms with van der Waals surface area (Å²) in [4.78, 5) is 38.3. The third kappa shape index (κ3) is 7.99. The first-order valence-corrected chi connectivity index (χ1v) is 12.1. The van der Waals surface area contributed by atoms with Crippen molar-refractivity contribution in [2.45, 2.75) is 25.5 Å². The van der Waals surface area contributed by atoms with Gasteiger partial charge in [-0.25, -0.2) is 9.97 Å². The molecule has 0 saturated heterocycles. The minimum Gasteiger partial charge on any atom is -0.497 e. The number of hydrogen-bond donors (Lipinski definition) is 1. The molecule has 0 aliphatic heterocycles. The maximum atomic E-state index is 13.2. The Morgan fingerprint density at radius 3 is 2.17 bits per heavy atom. The van der Waals surface area contributed by atoms with Crippen LogP contribution in [0.25, 0.3) is 0 Å². The first kappa shape index (κ1) is 26.0. The highest BCUT2D eigenvalue weighted by atomic mass is 32.2. The van der Waals surface area contributed by atoms with E-state index in [0.29, 0.717) is 17.4 Å². The molecule has 0 radical (unpaired) electrons. The summed E-state index contributed by atoms with van der Waals surface area (Å²) in [5.74, 6) is 0.418. The fraction of sp³-hybridized carbons (Fsp3) is 0.308. The molecule has 0 saturated carbocycles. The number of ether oxygens (including phenoxy) is 1. The Kier molecular flexibility index (Phi) is 9.08. The largest absolute Gasteiger partial charge is 0.497 e. The van der Waals surface area contributed by atoms with Crippen molar-refractivity contribution in [2.75, 3.05) is 43.7 Å². The van der Waals surface area contributed by atoms with Crippen molar-refractivity contribution in [3.05, 3.63) is 71.5 Å². The van der Waals surface area contributed by atoms with Gasteiger partial charge < -0.3 is 19.9 Å². The molecule has 3 rings (SSSR count). The highest BCUT2D eigenvalue weighted by Crippen LogP contribution is 2.19. The average Bonchev–Trinajstić information content (AvgIpc) is 2.82. The predicted octanol–water partition coefficient (Wildman–Crippen LogP) is 3.93. The number of hydrogen-bond acceptors (Lipinski definition) is 7. The molecule has 0 spiro atoms. The van der Waals surface area contributed by atoms with Crippen molar-refractivity contribution in [1.29, 1.82) is 0 Å². The summed E-state index contributed by atoms with van der Waals surface area (Å²) < 4.78 is 5.22. The van der Waals surface area contributed by atoms with E-state index in [-0.39, 0.29) is 24.1 Å². The number of rotatable bonds is 10. The maximum absolute atomic E-state index is 13.2. The van der Waals surface area contributed by atoms with Crippen LogP contribution in [-0.2, 0) is 16.1 Å². The lowest BCUT2D eigenvalue weighted by atomic mass is 10.2. The second-order valence-electron chi connectivity index (χ2n) is 8.31. The summed E-state index contributed by atoms with van der Waals surface area (Å²) in [5, 5.41) is 3.43. The summed E-state index contributed by atoms with van der Waals surface area (Å²) >= 11 is 1.27. The first-order valence-electron chi connectivity index (χ1n) is 11.2. The van der Waals surface area contributed by atoms with Gasteiger partial charge >= 0.3 is 0 Å². The predicted molar refractivity (Wildman–Crippen MR) is 140 cm³/mol. The third-order valence-electron chi connectivity index (χ3n) is 5.17. The average molecular weight is 494 g/mol. The molecule has 1 aromatic heterocycles. The number of carbonyl (C=O) groups excluding carboxylic acids is 2. The molecule has 184 valence electrons. The fourth-order valence-corrected chi connectivity index (χ4v) is 4.23. The number of amides is 2. The zero-order valence-corrected chi connectivity index (χ0v) is 21.6. The summed E-state index contributed by atoms with van der Waals surface area (Å²) in [5.41, 5.74) is 4.31. The molecule has 35 heavy (non-hydrogen) atoms. The molecular weight excluding hydrogens is 462 g/mol. The summed E-state index contributed by atoms with van der Waals surface area (Å²) in [6.07, 6.45) is 0. The number of aryl methyl sites for hydroxylation is 2. The zero-order chi connectivity index (χ0) is 25.4. The minimum absolute atomic E-state index is 0.0748. The van der Waals surface area contributed by atoms with Gasteiger partial charge in [0.05, 0.1) is 12.9 Å². The highest BCUT2D eigenvalue weighted by molar-refractivity contribution is 7.99. The van der Waals surface area contributed by atoms with E-state index in [1.165, 1.54) is 11.8 Å². The summed E-state index contributed by atoms with van der Waals surface area (Å²) in [6.45, 7) is 4.01. The monoisotopic (exact) mass is 493 g/mol. The Bertz CT molecular complexity index is 1130. The van der Waals surface area contributed by atoms with E-state index in [4.69, 9.17) is 4.74 Å². The normalized spacial score (nSPS) is 10.5. The number of aromatic nitrogens is 2. The molecule has 0 fully saturated rings. The molecule has 2 aromatic carbocycles. The molecule has 0 bridgehead atoms. The Labute approximate surface area is 210 Å². The summed E-state index contributed by atoms with van der Waals surface area (Å²) in [6, 6.07) is 16.9. The van der Waals surface area contributed by atoms with E-state index >= 15 is 0 Å². The van der Waals surface area contributed by atoms with Gasteiger partial charge in [0, 0.05) is 43.4 Å². The van der Waals surface area contributed by atoms with Crippen LogP contribution in [0.2, 0.25) is 0 Å². The molecule has 8 nitrogen and oxygen atoms in total. The number of methoxy groups -OCH3 is 1. The SMILES string of the molecule is COc1ccc(CN(CC(=O)Nc2ccc(N(C)C)cc2)C(=O)CSc2nc(C)cc(C)n2)cc1. The second kappa shape index (κ2) is 12.2. The molecule has 9 heteroatoms. The molecule has 0 aliphatic carbocycles. The Morgan fingerprint density at radius 2 is 1.60 bits per heavy atom. The number of anilines is 2. The van der Waals surface area contributed by atoms with Crippen molar-refractivity contribution in [3.63, 3.8) is 0 Å². The van der Waals surface area contributed by atoms with Crippen molar-refractivity contribution in [1.82, 2.24) is 14.9 Å². The molecule has 3 aromatic rings. The van der Waals surface area contributed by atoms with E-state index in [1.54, 1.807) is 12.0 Å². The van der Waals surface area contributed by atoms with E-state index in [9.17, 15) is 9.59 Å². The van der Waals surface area contributed by atoms with Crippen molar-refractivity contribution in [3.8, 4) is 5.75 Å². The minimum atomic E-state index is -0.267. The van der Waals surface area contributed by atoms with E-state index < -0.39 is 0 Å². The first-order chi connectivity index (χ1) is 16.7. The van der Waals surface area contributed by atoms with E-state index in [0.717, 1.165) is 28.4 Å². The van der Waals surface area contributed by atoms with Crippen molar-refractivity contribution >= 4 is 35.0 Å². The van der Waals surface area contributed by atoms with E-state index in [2.05, 4.69) is 15.3 Å².